The van der Waals surface area contributed by atoms with Crippen molar-refractivity contribution in [3.8, 4) is 22.5 Å². The van der Waals surface area contributed by atoms with Crippen LogP contribution in [0.4, 0.5) is 5.69 Å². The molecule has 0 aromatic heterocycles. The van der Waals surface area contributed by atoms with Gasteiger partial charge in [-0.2, -0.15) is 0 Å². The lowest BCUT2D eigenvalue weighted by molar-refractivity contribution is 0.222. The lowest BCUT2D eigenvalue weighted by atomic mass is 9.90. The van der Waals surface area contributed by atoms with Crippen molar-refractivity contribution in [2.24, 2.45) is 0 Å². The third kappa shape index (κ3) is 5.36. The highest BCUT2D eigenvalue weighted by atomic mass is 31.2. The molecule has 212 valence electrons. The number of nitrogens with zero attached hydrogens (tertiary/aromatic N) is 3. The first-order valence-corrected chi connectivity index (χ1v) is 16.0. The fraction of sp³-hybridized carbons (Fsp3) is 0.406. The largest absolute Gasteiger partial charge is 0.456 e. The van der Waals surface area contributed by atoms with Gasteiger partial charge in [-0.05, 0) is 63.9 Å². The van der Waals surface area contributed by atoms with Gasteiger partial charge in [-0.3, -0.25) is 9.05 Å². The Labute approximate surface area is 237 Å². The molecule has 8 heteroatoms. The SMILES string of the molecule is CCOP1(=O)OCCN1Cc1ccccc1-c1c2ccc(=[N+](CC)CC)cc-2oc2cc(N(CC)CC)ccc12. The summed E-state index contributed by atoms with van der Waals surface area (Å²) in [7, 11) is -3.30. The lowest BCUT2D eigenvalue weighted by Crippen LogP contribution is -2.29. The molecule has 0 radical (unpaired) electrons. The molecule has 0 bridgehead atoms. The predicted octanol–water partition coefficient (Wildman–Crippen LogP) is 6.84. The number of anilines is 1. The number of rotatable bonds is 10. The van der Waals surface area contributed by atoms with Gasteiger partial charge in [0.1, 0.15) is 24.4 Å². The average Bonchev–Trinajstić information content (AvgIpc) is 3.32. The Morgan fingerprint density at radius 1 is 0.950 bits per heavy atom. The molecule has 1 atom stereocenters. The molecule has 1 saturated heterocycles. The van der Waals surface area contributed by atoms with E-state index in [-0.39, 0.29) is 0 Å². The van der Waals surface area contributed by atoms with Crippen LogP contribution in [0, 0.1) is 0 Å². The Kier molecular flexibility index (Phi) is 8.77. The van der Waals surface area contributed by atoms with Gasteiger partial charge in [0.15, 0.2) is 0 Å². The van der Waals surface area contributed by atoms with Crippen LogP contribution < -0.4 is 14.8 Å². The first-order valence-electron chi connectivity index (χ1n) is 14.5. The molecule has 1 unspecified atom stereocenters. The highest BCUT2D eigenvalue weighted by Crippen LogP contribution is 2.56. The molecule has 3 aliphatic rings. The Hall–Kier alpha value is -2.96. The molecule has 7 nitrogen and oxygen atoms in total. The third-order valence-electron chi connectivity index (χ3n) is 7.83. The topological polar surface area (TPSA) is 58.2 Å². The molecule has 2 aromatic carbocycles. The minimum absolute atomic E-state index is 0.342. The maximum Gasteiger partial charge on any atom is 0.408 e. The van der Waals surface area contributed by atoms with E-state index in [2.05, 4.69) is 91.8 Å². The van der Waals surface area contributed by atoms with Crippen LogP contribution >= 0.6 is 7.75 Å². The van der Waals surface area contributed by atoms with Gasteiger partial charge in [-0.1, -0.05) is 24.3 Å². The lowest BCUT2D eigenvalue weighted by Gasteiger charge is -2.24. The molecule has 5 rings (SSSR count). The fourth-order valence-corrected chi connectivity index (χ4v) is 7.43. The standard InChI is InChI=1S/C32H41N3O4P/c1-6-33(7-2)25-15-17-28-30(21-25)39-31-22-26(34(8-3)9-4)16-18-29(31)32(28)27-14-12-11-13-24(27)23-35-19-20-38-40(35,36)37-10-5/h11-18,21-22H,6-10,19-20,23H2,1-5H3/q+1. The van der Waals surface area contributed by atoms with Gasteiger partial charge in [-0.15, -0.1) is 0 Å². The molecule has 40 heavy (non-hydrogen) atoms. The second-order valence-electron chi connectivity index (χ2n) is 9.95. The zero-order chi connectivity index (χ0) is 28.3. The molecule has 0 spiro atoms. The zero-order valence-corrected chi connectivity index (χ0v) is 25.2. The maximum atomic E-state index is 13.4. The van der Waals surface area contributed by atoms with E-state index < -0.39 is 7.75 Å². The first kappa shape index (κ1) is 28.6. The van der Waals surface area contributed by atoms with Crippen molar-refractivity contribution in [1.29, 1.82) is 0 Å². The van der Waals surface area contributed by atoms with Crippen LogP contribution in [0.5, 0.6) is 0 Å². The van der Waals surface area contributed by atoms with Crippen molar-refractivity contribution in [3.05, 3.63) is 71.6 Å². The molecule has 1 aliphatic carbocycles. The van der Waals surface area contributed by atoms with Gasteiger partial charge in [0.25, 0.3) is 0 Å². The van der Waals surface area contributed by atoms with Crippen LogP contribution in [0.3, 0.4) is 0 Å². The van der Waals surface area contributed by atoms with E-state index in [4.69, 9.17) is 13.5 Å². The second kappa shape index (κ2) is 12.3. The summed E-state index contributed by atoms with van der Waals surface area (Å²) < 4.78 is 35.4. The molecule has 0 saturated carbocycles. The van der Waals surface area contributed by atoms with Crippen LogP contribution in [0.2, 0.25) is 0 Å². The van der Waals surface area contributed by atoms with E-state index in [0.29, 0.717) is 26.3 Å². The van der Waals surface area contributed by atoms with Gasteiger partial charge in [-0.25, -0.2) is 13.8 Å². The molecule has 0 amide bonds. The van der Waals surface area contributed by atoms with Crippen LogP contribution in [0.15, 0.2) is 65.1 Å². The summed E-state index contributed by atoms with van der Waals surface area (Å²) in [6, 6.07) is 21.4. The number of hydrogen-bond acceptors (Lipinski definition) is 5. The summed E-state index contributed by atoms with van der Waals surface area (Å²) in [4.78, 5) is 2.33. The molecule has 2 aromatic rings. The Balaban J connectivity index is 1.75. The molecule has 2 heterocycles. The zero-order valence-electron chi connectivity index (χ0n) is 24.4. The first-order chi connectivity index (χ1) is 19.5. The quantitative estimate of drug-likeness (QED) is 0.120. The van der Waals surface area contributed by atoms with Gasteiger partial charge in [0.05, 0.1) is 19.3 Å². The molecule has 1 fully saturated rings. The van der Waals surface area contributed by atoms with E-state index in [1.807, 2.05) is 17.7 Å². The van der Waals surface area contributed by atoms with Crippen molar-refractivity contribution >= 4 is 24.4 Å². The minimum atomic E-state index is -3.30. The highest BCUT2D eigenvalue weighted by Gasteiger charge is 2.39. The van der Waals surface area contributed by atoms with E-state index in [0.717, 1.165) is 76.2 Å². The Morgan fingerprint density at radius 3 is 2.45 bits per heavy atom. The van der Waals surface area contributed by atoms with E-state index in [1.165, 1.54) is 0 Å². The van der Waals surface area contributed by atoms with Gasteiger partial charge in [0.2, 0.25) is 5.36 Å². The molecule has 0 N–H and O–H groups in total. The van der Waals surface area contributed by atoms with Gasteiger partial charge >= 0.3 is 7.75 Å². The summed E-state index contributed by atoms with van der Waals surface area (Å²) in [5.41, 5.74) is 6.33. The Morgan fingerprint density at radius 2 is 1.73 bits per heavy atom. The van der Waals surface area contributed by atoms with Gasteiger partial charge in [0, 0.05) is 60.5 Å². The summed E-state index contributed by atoms with van der Waals surface area (Å²) in [6.45, 7) is 16.0. The Bertz CT molecular complexity index is 1570. The van der Waals surface area contributed by atoms with Crippen LogP contribution in [0.25, 0.3) is 33.4 Å². The fourth-order valence-electron chi connectivity index (χ4n) is 5.74. The number of benzene rings is 3. The predicted molar refractivity (Wildman–Crippen MR) is 164 cm³/mol. The monoisotopic (exact) mass is 562 g/mol. The normalized spacial score (nSPS) is 17.6. The van der Waals surface area contributed by atoms with Crippen LogP contribution in [-0.4, -0.2) is 50.6 Å². The third-order valence-corrected chi connectivity index (χ3v) is 9.96. The van der Waals surface area contributed by atoms with Crippen molar-refractivity contribution in [2.75, 3.05) is 50.8 Å². The second-order valence-corrected chi connectivity index (χ2v) is 12.0. The van der Waals surface area contributed by atoms with E-state index >= 15 is 0 Å². The summed E-state index contributed by atoms with van der Waals surface area (Å²) in [5, 5.41) is 2.20. The summed E-state index contributed by atoms with van der Waals surface area (Å²) in [5.74, 6) is 0.850. The smallest absolute Gasteiger partial charge is 0.408 e. The number of hydrogen-bond donors (Lipinski definition) is 0. The van der Waals surface area contributed by atoms with E-state index in [9.17, 15) is 4.57 Å². The van der Waals surface area contributed by atoms with E-state index in [1.54, 1.807) is 0 Å². The van der Waals surface area contributed by atoms with Crippen molar-refractivity contribution in [2.45, 2.75) is 41.2 Å². The molecular weight excluding hydrogens is 521 g/mol. The van der Waals surface area contributed by atoms with Crippen molar-refractivity contribution < 1.29 is 18.0 Å². The minimum Gasteiger partial charge on any atom is -0.456 e. The molecule has 2 aliphatic heterocycles. The summed E-state index contributed by atoms with van der Waals surface area (Å²) >= 11 is 0. The highest BCUT2D eigenvalue weighted by molar-refractivity contribution is 7.51. The van der Waals surface area contributed by atoms with Gasteiger partial charge < -0.3 is 9.32 Å². The molecular formula is C32H41N3O4P+. The maximum absolute atomic E-state index is 13.4. The van der Waals surface area contributed by atoms with Crippen LogP contribution in [0.1, 0.15) is 40.2 Å². The van der Waals surface area contributed by atoms with Crippen molar-refractivity contribution in [1.82, 2.24) is 9.25 Å². The van der Waals surface area contributed by atoms with Crippen LogP contribution in [-0.2, 0) is 20.2 Å². The van der Waals surface area contributed by atoms with Crippen molar-refractivity contribution in [3.63, 3.8) is 0 Å². The average molecular weight is 563 g/mol. The summed E-state index contributed by atoms with van der Waals surface area (Å²) in [6.07, 6.45) is 0. The number of fused-ring (bicyclic) bond motifs is 2.